The van der Waals surface area contributed by atoms with Crippen LogP contribution in [0, 0.1) is 6.92 Å². The fourth-order valence-electron chi connectivity index (χ4n) is 1.62. The number of nitrogens with zero attached hydrogens (tertiary/aromatic N) is 2. The van der Waals surface area contributed by atoms with E-state index in [2.05, 4.69) is 45.3 Å². The molecule has 0 saturated heterocycles. The minimum atomic E-state index is 1.03. The van der Waals surface area contributed by atoms with E-state index in [4.69, 9.17) is 0 Å². The lowest BCUT2D eigenvalue weighted by Gasteiger charge is -1.99. The first-order valence-corrected chi connectivity index (χ1v) is 6.23. The van der Waals surface area contributed by atoms with Crippen molar-refractivity contribution in [3.8, 4) is 10.4 Å². The molecule has 0 N–H and O–H groups in total. The van der Waals surface area contributed by atoms with E-state index in [0.29, 0.717) is 0 Å². The van der Waals surface area contributed by atoms with Crippen LogP contribution in [0.25, 0.3) is 21.5 Å². The van der Waals surface area contributed by atoms with Gasteiger partial charge < -0.3 is 0 Å². The van der Waals surface area contributed by atoms with Gasteiger partial charge in [-0.2, -0.15) is 8.75 Å². The van der Waals surface area contributed by atoms with Crippen LogP contribution in [0.15, 0.2) is 29.6 Å². The second kappa shape index (κ2) is 3.40. The molecule has 0 unspecified atom stereocenters. The van der Waals surface area contributed by atoms with Crippen molar-refractivity contribution in [3.05, 3.63) is 35.2 Å². The number of thiophene rings is 1. The molecule has 0 bridgehead atoms. The molecule has 74 valence electrons. The van der Waals surface area contributed by atoms with Crippen molar-refractivity contribution in [2.75, 3.05) is 0 Å². The highest BCUT2D eigenvalue weighted by atomic mass is 32.1. The molecular formula is C11H8N2S2. The summed E-state index contributed by atoms with van der Waals surface area (Å²) in [6.45, 7) is 2.07. The van der Waals surface area contributed by atoms with Crippen LogP contribution in [0.2, 0.25) is 0 Å². The van der Waals surface area contributed by atoms with Crippen LogP contribution in [0.1, 0.15) is 5.56 Å². The molecule has 0 radical (unpaired) electrons. The number of rotatable bonds is 1. The number of hydrogen-bond acceptors (Lipinski definition) is 4. The molecule has 15 heavy (non-hydrogen) atoms. The van der Waals surface area contributed by atoms with Crippen LogP contribution >= 0.6 is 23.1 Å². The Morgan fingerprint density at radius 2 is 1.93 bits per heavy atom. The van der Waals surface area contributed by atoms with Crippen molar-refractivity contribution in [3.63, 3.8) is 0 Å². The highest BCUT2D eigenvalue weighted by Crippen LogP contribution is 2.31. The van der Waals surface area contributed by atoms with E-state index in [1.807, 2.05) is 0 Å². The van der Waals surface area contributed by atoms with Crippen molar-refractivity contribution in [2.24, 2.45) is 0 Å². The highest BCUT2D eigenvalue weighted by molar-refractivity contribution is 7.13. The summed E-state index contributed by atoms with van der Waals surface area (Å²) in [7, 11) is 0. The molecule has 0 aliphatic heterocycles. The predicted molar refractivity (Wildman–Crippen MR) is 65.5 cm³/mol. The second-order valence-corrected chi connectivity index (χ2v) is 4.84. The molecule has 4 heteroatoms. The van der Waals surface area contributed by atoms with Crippen molar-refractivity contribution in [1.82, 2.24) is 8.75 Å². The number of hydrogen-bond donors (Lipinski definition) is 0. The molecule has 2 heterocycles. The average Bonchev–Trinajstić information content (AvgIpc) is 2.88. The van der Waals surface area contributed by atoms with E-state index in [-0.39, 0.29) is 0 Å². The third-order valence-corrected chi connectivity index (χ3v) is 3.84. The topological polar surface area (TPSA) is 25.8 Å². The van der Waals surface area contributed by atoms with Gasteiger partial charge in [0.25, 0.3) is 0 Å². The number of aromatic nitrogens is 2. The molecule has 2 nitrogen and oxygen atoms in total. The molecule has 0 amide bonds. The number of fused-ring (bicyclic) bond motifs is 1. The molecule has 2 aromatic heterocycles. The third-order valence-electron chi connectivity index (χ3n) is 2.40. The normalized spacial score (nSPS) is 11.0. The zero-order valence-corrected chi connectivity index (χ0v) is 9.73. The van der Waals surface area contributed by atoms with E-state index < -0.39 is 0 Å². The van der Waals surface area contributed by atoms with Crippen molar-refractivity contribution in [1.29, 1.82) is 0 Å². The van der Waals surface area contributed by atoms with Gasteiger partial charge in [-0.1, -0.05) is 18.2 Å². The summed E-state index contributed by atoms with van der Waals surface area (Å²) in [5, 5.41) is 2.08. The lowest BCUT2D eigenvalue weighted by atomic mass is 10.1. The first-order valence-electron chi connectivity index (χ1n) is 4.62. The van der Waals surface area contributed by atoms with Crippen molar-refractivity contribution < 1.29 is 0 Å². The zero-order valence-electron chi connectivity index (χ0n) is 8.10. The van der Waals surface area contributed by atoms with Gasteiger partial charge in [0.15, 0.2) is 0 Å². The van der Waals surface area contributed by atoms with Crippen molar-refractivity contribution >= 4 is 34.1 Å². The Balaban J connectivity index is 2.37. The molecule has 0 aliphatic rings. The maximum Gasteiger partial charge on any atom is 0.113 e. The molecule has 0 atom stereocenters. The molecule has 3 rings (SSSR count). The largest absolute Gasteiger partial charge is 0.173 e. The predicted octanol–water partition coefficient (Wildman–Crippen LogP) is 3.73. The van der Waals surface area contributed by atoms with Gasteiger partial charge in [-0.05, 0) is 23.9 Å². The van der Waals surface area contributed by atoms with Gasteiger partial charge >= 0.3 is 0 Å². The Kier molecular flexibility index (Phi) is 2.04. The minimum absolute atomic E-state index is 1.03. The fraction of sp³-hybridized carbons (Fsp3) is 0.0909. The fourth-order valence-corrected chi connectivity index (χ4v) is 2.99. The third kappa shape index (κ3) is 1.37. The van der Waals surface area contributed by atoms with Gasteiger partial charge in [-0.3, -0.25) is 0 Å². The lowest BCUT2D eigenvalue weighted by molar-refractivity contribution is 1.48. The Hall–Kier alpha value is -1.26. The Labute approximate surface area is 95.5 Å². The van der Waals surface area contributed by atoms with E-state index in [9.17, 15) is 0 Å². The summed E-state index contributed by atoms with van der Waals surface area (Å²) < 4.78 is 8.70. The van der Waals surface area contributed by atoms with Gasteiger partial charge in [0, 0.05) is 10.4 Å². The van der Waals surface area contributed by atoms with Crippen LogP contribution < -0.4 is 0 Å². The molecule has 3 aromatic rings. The maximum atomic E-state index is 4.37. The smallest absolute Gasteiger partial charge is 0.113 e. The SMILES string of the molecule is Cc1ccc(-c2cccs2)c2nsnc12. The summed E-state index contributed by atoms with van der Waals surface area (Å²) in [5.41, 5.74) is 4.45. The van der Waals surface area contributed by atoms with Crippen LogP contribution in [0.4, 0.5) is 0 Å². The molecular weight excluding hydrogens is 224 g/mol. The number of aryl methyl sites for hydroxylation is 1. The summed E-state index contributed by atoms with van der Waals surface area (Å²) in [6, 6.07) is 8.42. The van der Waals surface area contributed by atoms with Gasteiger partial charge in [0.2, 0.25) is 0 Å². The van der Waals surface area contributed by atoms with Crippen LogP contribution in [0.3, 0.4) is 0 Å². The minimum Gasteiger partial charge on any atom is -0.173 e. The standard InChI is InChI=1S/C11H8N2S2/c1-7-4-5-8(9-3-2-6-14-9)11-10(7)12-15-13-11/h2-6H,1H3. The Morgan fingerprint density at radius 1 is 1.07 bits per heavy atom. The summed E-state index contributed by atoms with van der Waals surface area (Å²) in [4.78, 5) is 1.26. The van der Waals surface area contributed by atoms with Crippen LogP contribution in [0.5, 0.6) is 0 Å². The molecule has 0 aliphatic carbocycles. The van der Waals surface area contributed by atoms with Crippen LogP contribution in [-0.2, 0) is 0 Å². The Morgan fingerprint density at radius 3 is 2.73 bits per heavy atom. The zero-order chi connectivity index (χ0) is 10.3. The Bertz CT molecular complexity index is 596. The van der Waals surface area contributed by atoms with Gasteiger partial charge in [0.05, 0.1) is 11.7 Å². The van der Waals surface area contributed by atoms with E-state index >= 15 is 0 Å². The monoisotopic (exact) mass is 232 g/mol. The average molecular weight is 232 g/mol. The lowest BCUT2D eigenvalue weighted by Crippen LogP contribution is -1.80. The highest BCUT2D eigenvalue weighted by Gasteiger charge is 2.09. The van der Waals surface area contributed by atoms with E-state index in [0.717, 1.165) is 11.0 Å². The first-order chi connectivity index (χ1) is 7.36. The molecule has 0 spiro atoms. The summed E-state index contributed by atoms with van der Waals surface area (Å²) >= 11 is 3.02. The van der Waals surface area contributed by atoms with Gasteiger partial charge in [-0.25, -0.2) is 0 Å². The van der Waals surface area contributed by atoms with E-state index in [1.54, 1.807) is 11.3 Å². The second-order valence-electron chi connectivity index (χ2n) is 3.37. The summed E-state index contributed by atoms with van der Waals surface area (Å²) in [6.07, 6.45) is 0. The van der Waals surface area contributed by atoms with Crippen LogP contribution in [-0.4, -0.2) is 8.75 Å². The van der Waals surface area contributed by atoms with Crippen molar-refractivity contribution in [2.45, 2.75) is 6.92 Å². The molecule has 0 fully saturated rings. The number of benzene rings is 1. The quantitative estimate of drug-likeness (QED) is 0.639. The molecule has 0 saturated carbocycles. The summed E-state index contributed by atoms with van der Waals surface area (Å²) in [5.74, 6) is 0. The van der Waals surface area contributed by atoms with Gasteiger partial charge in [0.1, 0.15) is 11.0 Å². The first kappa shape index (κ1) is 9.00. The maximum absolute atomic E-state index is 4.37. The van der Waals surface area contributed by atoms with Gasteiger partial charge in [-0.15, -0.1) is 11.3 Å². The molecule has 1 aromatic carbocycles. The van der Waals surface area contributed by atoms with E-state index in [1.165, 1.54) is 27.7 Å².